The number of thiophene rings is 1. The van der Waals surface area contributed by atoms with Gasteiger partial charge in [-0.15, -0.1) is 11.3 Å². The summed E-state index contributed by atoms with van der Waals surface area (Å²) < 4.78 is 40.0. The van der Waals surface area contributed by atoms with Gasteiger partial charge in [-0.3, -0.25) is 0 Å². The fraction of sp³-hybridized carbons (Fsp3) is 0.167. The van der Waals surface area contributed by atoms with E-state index in [9.17, 15) is 13.2 Å². The molecule has 1 nitrogen and oxygen atoms in total. The average Bonchev–Trinajstić information content (AvgIpc) is 2.65. The number of benzene rings is 1. The van der Waals surface area contributed by atoms with Crippen molar-refractivity contribution < 1.29 is 13.2 Å². The van der Waals surface area contributed by atoms with Crippen molar-refractivity contribution in [2.75, 3.05) is 0 Å². The normalized spacial score (nSPS) is 12.8. The Labute approximate surface area is 115 Å². The number of nitrogens with two attached hydrogens (primary N) is 1. The maximum atomic E-state index is 13.1. The highest BCUT2D eigenvalue weighted by Gasteiger charge is 2.18. The Morgan fingerprint density at radius 1 is 1.17 bits per heavy atom. The van der Waals surface area contributed by atoms with Crippen LogP contribution in [0.1, 0.15) is 22.0 Å². The van der Waals surface area contributed by atoms with Crippen molar-refractivity contribution in [3.05, 3.63) is 55.4 Å². The van der Waals surface area contributed by atoms with Crippen molar-refractivity contribution in [2.45, 2.75) is 13.0 Å². The van der Waals surface area contributed by atoms with Crippen LogP contribution in [-0.2, 0) is 0 Å². The molecule has 6 heteroatoms. The monoisotopic (exact) mass is 335 g/mol. The maximum absolute atomic E-state index is 13.1. The van der Waals surface area contributed by atoms with E-state index in [1.807, 2.05) is 13.0 Å². The van der Waals surface area contributed by atoms with Crippen LogP contribution in [0.25, 0.3) is 0 Å². The molecule has 2 aromatic rings. The van der Waals surface area contributed by atoms with Gasteiger partial charge in [0.05, 0.1) is 9.83 Å². The number of halogens is 4. The van der Waals surface area contributed by atoms with Crippen molar-refractivity contribution in [1.29, 1.82) is 0 Å². The fourth-order valence-electron chi connectivity index (χ4n) is 1.56. The van der Waals surface area contributed by atoms with Gasteiger partial charge in [-0.1, -0.05) is 0 Å². The van der Waals surface area contributed by atoms with Crippen LogP contribution in [0.5, 0.6) is 0 Å². The lowest BCUT2D eigenvalue weighted by Gasteiger charge is -2.10. The smallest absolute Gasteiger partial charge is 0.194 e. The summed E-state index contributed by atoms with van der Waals surface area (Å²) in [5.41, 5.74) is 7.12. The van der Waals surface area contributed by atoms with E-state index in [1.54, 1.807) is 0 Å². The van der Waals surface area contributed by atoms with Crippen LogP contribution in [0, 0.1) is 24.4 Å². The molecule has 18 heavy (non-hydrogen) atoms. The number of hydrogen-bond acceptors (Lipinski definition) is 2. The molecule has 2 rings (SSSR count). The minimum atomic E-state index is -1.48. The van der Waals surface area contributed by atoms with E-state index in [1.165, 1.54) is 11.3 Å². The van der Waals surface area contributed by atoms with Crippen molar-refractivity contribution in [3.63, 3.8) is 0 Å². The summed E-state index contributed by atoms with van der Waals surface area (Å²) in [6.07, 6.45) is 0. The third kappa shape index (κ3) is 2.46. The lowest BCUT2D eigenvalue weighted by molar-refractivity contribution is 0.444. The highest BCUT2D eigenvalue weighted by Crippen LogP contribution is 2.33. The van der Waals surface area contributed by atoms with Crippen molar-refractivity contribution in [2.24, 2.45) is 5.73 Å². The van der Waals surface area contributed by atoms with E-state index in [4.69, 9.17) is 5.73 Å². The predicted molar refractivity (Wildman–Crippen MR) is 69.1 cm³/mol. The Kier molecular flexibility index (Phi) is 3.79. The van der Waals surface area contributed by atoms with E-state index in [-0.39, 0.29) is 5.56 Å². The van der Waals surface area contributed by atoms with Crippen molar-refractivity contribution >= 4 is 27.3 Å². The predicted octanol–water partition coefficient (Wildman–Crippen LogP) is 4.28. The van der Waals surface area contributed by atoms with Gasteiger partial charge in [-0.05, 0) is 52.2 Å². The zero-order valence-corrected chi connectivity index (χ0v) is 11.7. The number of rotatable bonds is 2. The molecule has 0 radical (unpaired) electrons. The van der Waals surface area contributed by atoms with E-state index in [0.717, 1.165) is 26.4 Å². The van der Waals surface area contributed by atoms with E-state index < -0.39 is 23.5 Å². The number of aryl methyl sites for hydroxylation is 1. The van der Waals surface area contributed by atoms with Crippen LogP contribution in [-0.4, -0.2) is 0 Å². The summed E-state index contributed by atoms with van der Waals surface area (Å²) in [5, 5.41) is 0. The molecule has 0 bridgehead atoms. The summed E-state index contributed by atoms with van der Waals surface area (Å²) in [5.74, 6) is -3.94. The van der Waals surface area contributed by atoms with Gasteiger partial charge < -0.3 is 5.73 Å². The minimum absolute atomic E-state index is 0.208. The first-order valence-corrected chi connectivity index (χ1v) is 6.67. The molecule has 0 saturated heterocycles. The second kappa shape index (κ2) is 5.03. The molecule has 1 aromatic carbocycles. The Balaban J connectivity index is 2.42. The largest absolute Gasteiger partial charge is 0.320 e. The van der Waals surface area contributed by atoms with E-state index in [2.05, 4.69) is 15.9 Å². The molecular weight excluding hydrogens is 327 g/mol. The SMILES string of the molecule is Cc1cc(C(N)c2cc(F)c(F)c(F)c2)sc1Br. The molecule has 1 unspecified atom stereocenters. The summed E-state index contributed by atoms with van der Waals surface area (Å²) in [4.78, 5) is 0.754. The minimum Gasteiger partial charge on any atom is -0.320 e. The Hall–Kier alpha value is -0.850. The van der Waals surface area contributed by atoms with Gasteiger partial charge in [0.15, 0.2) is 17.5 Å². The second-order valence-corrected chi connectivity index (χ2v) is 6.28. The summed E-state index contributed by atoms with van der Waals surface area (Å²) in [6.45, 7) is 1.89. The van der Waals surface area contributed by atoms with Crippen LogP contribution in [0.15, 0.2) is 22.0 Å². The molecule has 1 aromatic heterocycles. The molecule has 0 aliphatic rings. The van der Waals surface area contributed by atoms with Gasteiger partial charge in [0.1, 0.15) is 0 Å². The molecule has 0 fully saturated rings. The molecule has 2 N–H and O–H groups in total. The molecule has 1 atom stereocenters. The van der Waals surface area contributed by atoms with Crippen molar-refractivity contribution in [1.82, 2.24) is 0 Å². The standard InChI is InChI=1S/C12H9BrF3NS/c1-5-2-9(18-12(5)13)11(17)6-3-7(14)10(16)8(15)4-6/h2-4,11H,17H2,1H3. The van der Waals surface area contributed by atoms with Crippen LogP contribution >= 0.6 is 27.3 Å². The lowest BCUT2D eigenvalue weighted by Crippen LogP contribution is -2.11. The second-order valence-electron chi connectivity index (χ2n) is 3.88. The average molecular weight is 336 g/mol. The number of hydrogen-bond donors (Lipinski definition) is 1. The molecule has 0 aliphatic heterocycles. The Morgan fingerprint density at radius 3 is 2.17 bits per heavy atom. The van der Waals surface area contributed by atoms with Gasteiger partial charge in [0.25, 0.3) is 0 Å². The van der Waals surface area contributed by atoms with Crippen LogP contribution in [0.4, 0.5) is 13.2 Å². The molecular formula is C12H9BrF3NS. The summed E-state index contributed by atoms with van der Waals surface area (Å²) >= 11 is 4.74. The zero-order chi connectivity index (χ0) is 13.4. The van der Waals surface area contributed by atoms with Crippen LogP contribution < -0.4 is 5.73 Å². The molecule has 0 amide bonds. The van der Waals surface area contributed by atoms with E-state index in [0.29, 0.717) is 0 Å². The summed E-state index contributed by atoms with van der Waals surface area (Å²) in [6, 6.07) is 3.00. The van der Waals surface area contributed by atoms with Gasteiger partial charge in [0, 0.05) is 4.88 Å². The molecule has 96 valence electrons. The molecule has 0 saturated carbocycles. The van der Waals surface area contributed by atoms with Gasteiger partial charge in [-0.25, -0.2) is 13.2 Å². The van der Waals surface area contributed by atoms with Crippen molar-refractivity contribution in [3.8, 4) is 0 Å². The highest BCUT2D eigenvalue weighted by atomic mass is 79.9. The quantitative estimate of drug-likeness (QED) is 0.814. The van der Waals surface area contributed by atoms with Gasteiger partial charge in [0.2, 0.25) is 0 Å². The third-order valence-electron chi connectivity index (χ3n) is 2.55. The lowest BCUT2D eigenvalue weighted by atomic mass is 10.1. The Bertz CT molecular complexity index is 554. The Morgan fingerprint density at radius 2 is 1.72 bits per heavy atom. The topological polar surface area (TPSA) is 26.0 Å². The van der Waals surface area contributed by atoms with Gasteiger partial charge in [-0.2, -0.15) is 0 Å². The first-order chi connectivity index (χ1) is 8.40. The third-order valence-corrected chi connectivity index (χ3v) is 4.77. The zero-order valence-electron chi connectivity index (χ0n) is 9.31. The van der Waals surface area contributed by atoms with Crippen LogP contribution in [0.2, 0.25) is 0 Å². The summed E-state index contributed by atoms with van der Waals surface area (Å²) in [7, 11) is 0. The first kappa shape index (κ1) is 13.6. The van der Waals surface area contributed by atoms with E-state index >= 15 is 0 Å². The van der Waals surface area contributed by atoms with Crippen LogP contribution in [0.3, 0.4) is 0 Å². The fourth-order valence-corrected chi connectivity index (χ4v) is 3.16. The molecule has 0 aliphatic carbocycles. The maximum Gasteiger partial charge on any atom is 0.194 e. The molecule has 0 spiro atoms. The van der Waals surface area contributed by atoms with Gasteiger partial charge >= 0.3 is 0 Å². The first-order valence-electron chi connectivity index (χ1n) is 5.06. The highest BCUT2D eigenvalue weighted by molar-refractivity contribution is 9.11. The molecule has 1 heterocycles.